The molecule has 5 heteroatoms. The largest absolute Gasteiger partial charge is 0.489 e. The lowest BCUT2D eigenvalue weighted by molar-refractivity contribution is 0.0522. The molecule has 0 fully saturated rings. The van der Waals surface area contributed by atoms with Gasteiger partial charge in [0.15, 0.2) is 0 Å². The first-order chi connectivity index (χ1) is 12.0. The maximum atomic E-state index is 13.6. The van der Waals surface area contributed by atoms with Gasteiger partial charge in [-0.15, -0.1) is 0 Å². The van der Waals surface area contributed by atoms with Gasteiger partial charge in [-0.2, -0.15) is 0 Å². The van der Waals surface area contributed by atoms with Crippen LogP contribution in [0.15, 0.2) is 49.1 Å². The zero-order chi connectivity index (χ0) is 18.2. The van der Waals surface area contributed by atoms with E-state index in [0.29, 0.717) is 11.3 Å². The molecular formula is C20H16F2O3. The lowest BCUT2D eigenvalue weighted by Gasteiger charge is -2.10. The molecule has 0 aliphatic heterocycles. The van der Waals surface area contributed by atoms with Crippen LogP contribution in [0.25, 0.3) is 0 Å². The zero-order valence-corrected chi connectivity index (χ0v) is 13.6. The summed E-state index contributed by atoms with van der Waals surface area (Å²) in [5.74, 6) is 3.75. The summed E-state index contributed by atoms with van der Waals surface area (Å²) < 4.78 is 37.0. The Bertz CT molecular complexity index is 848. The van der Waals surface area contributed by atoms with Gasteiger partial charge in [-0.3, -0.25) is 0 Å². The van der Waals surface area contributed by atoms with Crippen LogP contribution in [-0.4, -0.2) is 19.2 Å². The van der Waals surface area contributed by atoms with Gasteiger partial charge in [0, 0.05) is 11.6 Å². The second-order valence-electron chi connectivity index (χ2n) is 4.91. The molecule has 0 spiro atoms. The van der Waals surface area contributed by atoms with E-state index in [4.69, 9.17) is 9.47 Å². The zero-order valence-electron chi connectivity index (χ0n) is 13.6. The third-order valence-corrected chi connectivity index (χ3v) is 3.10. The Morgan fingerprint density at radius 3 is 2.68 bits per heavy atom. The molecular weight excluding hydrogens is 326 g/mol. The van der Waals surface area contributed by atoms with Crippen molar-refractivity contribution >= 4 is 5.97 Å². The number of hydrogen-bond acceptors (Lipinski definition) is 3. The van der Waals surface area contributed by atoms with Crippen molar-refractivity contribution in [2.75, 3.05) is 13.2 Å². The van der Waals surface area contributed by atoms with Gasteiger partial charge in [-0.05, 0) is 37.3 Å². The van der Waals surface area contributed by atoms with Gasteiger partial charge < -0.3 is 9.47 Å². The van der Waals surface area contributed by atoms with E-state index < -0.39 is 17.6 Å². The molecule has 0 saturated carbocycles. The molecule has 2 aromatic rings. The number of carbonyl (C=O) groups is 1. The highest BCUT2D eigenvalue weighted by Gasteiger charge is 2.14. The first-order valence-electron chi connectivity index (χ1n) is 7.57. The lowest BCUT2D eigenvalue weighted by Crippen LogP contribution is -2.08. The number of ether oxygens (including phenoxy) is 2. The van der Waals surface area contributed by atoms with Gasteiger partial charge in [0.05, 0.1) is 12.2 Å². The molecule has 0 aromatic heterocycles. The number of carbonyl (C=O) groups excluding carboxylic acids is 1. The quantitative estimate of drug-likeness (QED) is 0.466. The van der Waals surface area contributed by atoms with E-state index in [1.54, 1.807) is 25.1 Å². The van der Waals surface area contributed by atoms with Crippen molar-refractivity contribution in [3.63, 3.8) is 0 Å². The van der Waals surface area contributed by atoms with Gasteiger partial charge in [0.25, 0.3) is 0 Å². The highest BCUT2D eigenvalue weighted by atomic mass is 19.1. The average Bonchev–Trinajstić information content (AvgIpc) is 2.59. The van der Waals surface area contributed by atoms with Crippen molar-refractivity contribution in [2.24, 2.45) is 0 Å². The minimum absolute atomic E-state index is 0.0612. The number of rotatable bonds is 5. The van der Waals surface area contributed by atoms with E-state index in [-0.39, 0.29) is 24.3 Å². The molecule has 0 radical (unpaired) electrons. The Balaban J connectivity index is 2.36. The predicted molar refractivity (Wildman–Crippen MR) is 90.4 cm³/mol. The van der Waals surface area contributed by atoms with Crippen molar-refractivity contribution in [1.82, 2.24) is 0 Å². The smallest absolute Gasteiger partial charge is 0.341 e. The predicted octanol–water partition coefficient (Wildman–Crippen LogP) is 4.11. The Kier molecular flexibility index (Phi) is 6.30. The molecule has 0 aliphatic carbocycles. The number of hydrogen-bond donors (Lipinski definition) is 0. The Hall–Kier alpha value is -3.13. The van der Waals surface area contributed by atoms with Crippen LogP contribution < -0.4 is 4.74 Å². The summed E-state index contributed by atoms with van der Waals surface area (Å²) in [5, 5.41) is 0. The minimum Gasteiger partial charge on any atom is -0.489 e. The van der Waals surface area contributed by atoms with Crippen LogP contribution in [-0.2, 0) is 4.74 Å². The second-order valence-corrected chi connectivity index (χ2v) is 4.91. The van der Waals surface area contributed by atoms with E-state index in [2.05, 4.69) is 18.4 Å². The van der Waals surface area contributed by atoms with Crippen molar-refractivity contribution in [1.29, 1.82) is 0 Å². The lowest BCUT2D eigenvalue weighted by atomic mass is 10.1. The Labute approximate surface area is 144 Å². The Morgan fingerprint density at radius 1 is 1.20 bits per heavy atom. The topological polar surface area (TPSA) is 35.5 Å². The van der Waals surface area contributed by atoms with Crippen LogP contribution in [0.4, 0.5) is 8.78 Å². The standard InChI is InChI=1S/C20H16F2O3/c1-3-11-25-19-10-6-14(12-17(19)20(23)24-4-2)5-7-15-8-9-16(21)13-18(15)22/h3,6,8-10,12-13H,1,4,11H2,2H3. The van der Waals surface area contributed by atoms with Gasteiger partial charge >= 0.3 is 5.97 Å². The van der Waals surface area contributed by atoms with E-state index in [1.807, 2.05) is 0 Å². The summed E-state index contributed by atoms with van der Waals surface area (Å²) in [6.07, 6.45) is 1.56. The van der Waals surface area contributed by atoms with Crippen molar-refractivity contribution in [3.8, 4) is 17.6 Å². The maximum absolute atomic E-state index is 13.6. The molecule has 0 N–H and O–H groups in total. The molecule has 2 rings (SSSR count). The van der Waals surface area contributed by atoms with E-state index in [1.165, 1.54) is 12.1 Å². The van der Waals surface area contributed by atoms with E-state index in [9.17, 15) is 13.6 Å². The molecule has 128 valence electrons. The van der Waals surface area contributed by atoms with Crippen LogP contribution in [0.1, 0.15) is 28.4 Å². The van der Waals surface area contributed by atoms with Crippen molar-refractivity contribution in [3.05, 3.63) is 77.4 Å². The molecule has 0 unspecified atom stereocenters. The number of halogens is 2. The first kappa shape index (κ1) is 18.2. The van der Waals surface area contributed by atoms with Gasteiger partial charge in [0.1, 0.15) is 29.6 Å². The monoisotopic (exact) mass is 342 g/mol. The first-order valence-corrected chi connectivity index (χ1v) is 7.57. The molecule has 25 heavy (non-hydrogen) atoms. The van der Waals surface area contributed by atoms with Gasteiger partial charge in [0.2, 0.25) is 0 Å². The normalized spacial score (nSPS) is 9.72. The van der Waals surface area contributed by atoms with Crippen molar-refractivity contribution < 1.29 is 23.0 Å². The summed E-state index contributed by atoms with van der Waals surface area (Å²) in [7, 11) is 0. The molecule has 0 aliphatic rings. The molecule has 2 aromatic carbocycles. The summed E-state index contributed by atoms with van der Waals surface area (Å²) in [6.45, 7) is 5.71. The van der Waals surface area contributed by atoms with E-state index in [0.717, 1.165) is 12.1 Å². The SMILES string of the molecule is C=CCOc1ccc(C#Cc2ccc(F)cc2F)cc1C(=O)OCC. The van der Waals surface area contributed by atoms with Crippen LogP contribution in [0, 0.1) is 23.5 Å². The molecule has 3 nitrogen and oxygen atoms in total. The van der Waals surface area contributed by atoms with Crippen LogP contribution in [0.5, 0.6) is 5.75 Å². The maximum Gasteiger partial charge on any atom is 0.341 e. The second kappa shape index (κ2) is 8.65. The third kappa shape index (κ3) is 4.92. The number of esters is 1. The average molecular weight is 342 g/mol. The van der Waals surface area contributed by atoms with Crippen LogP contribution in [0.2, 0.25) is 0 Å². The minimum atomic E-state index is -0.746. The summed E-state index contributed by atoms with van der Waals surface area (Å²) in [5.41, 5.74) is 0.749. The summed E-state index contributed by atoms with van der Waals surface area (Å²) in [4.78, 5) is 12.1. The summed E-state index contributed by atoms with van der Waals surface area (Å²) in [6, 6.07) is 7.87. The third-order valence-electron chi connectivity index (χ3n) is 3.10. The van der Waals surface area contributed by atoms with Crippen LogP contribution >= 0.6 is 0 Å². The molecule has 0 saturated heterocycles. The van der Waals surface area contributed by atoms with Crippen molar-refractivity contribution in [2.45, 2.75) is 6.92 Å². The fraction of sp³-hybridized carbons (Fsp3) is 0.150. The van der Waals surface area contributed by atoms with Crippen LogP contribution in [0.3, 0.4) is 0 Å². The highest BCUT2D eigenvalue weighted by Crippen LogP contribution is 2.21. The Morgan fingerprint density at radius 2 is 2.00 bits per heavy atom. The molecule has 0 atom stereocenters. The molecule has 0 heterocycles. The van der Waals surface area contributed by atoms with Gasteiger partial charge in [-0.25, -0.2) is 13.6 Å². The van der Waals surface area contributed by atoms with E-state index >= 15 is 0 Å². The van der Waals surface area contributed by atoms with Gasteiger partial charge in [-0.1, -0.05) is 24.5 Å². The number of benzene rings is 2. The molecule has 0 amide bonds. The fourth-order valence-corrected chi connectivity index (χ4v) is 1.98. The summed E-state index contributed by atoms with van der Waals surface area (Å²) >= 11 is 0. The highest BCUT2D eigenvalue weighted by molar-refractivity contribution is 5.93. The fourth-order valence-electron chi connectivity index (χ4n) is 1.98. The molecule has 0 bridgehead atoms.